The standard InChI is InChI=1S/C16H11BrClFN2/c17-14-6-13(19)7-15(18)16(14)21-8-10-1-2-12-9-20-4-3-11(12)5-10/h1-7,9,21H,8H2. The Hall–Kier alpha value is -1.65. The van der Waals surface area contributed by atoms with Crippen molar-refractivity contribution in [2.75, 3.05) is 5.32 Å². The number of anilines is 1. The van der Waals surface area contributed by atoms with Crippen molar-refractivity contribution < 1.29 is 4.39 Å². The van der Waals surface area contributed by atoms with Crippen LogP contribution in [0.2, 0.25) is 5.02 Å². The van der Waals surface area contributed by atoms with Gasteiger partial charge in [0, 0.05) is 28.8 Å². The van der Waals surface area contributed by atoms with Gasteiger partial charge in [0.1, 0.15) is 5.82 Å². The predicted molar refractivity (Wildman–Crippen MR) is 88.2 cm³/mol. The van der Waals surface area contributed by atoms with Gasteiger partial charge in [0.15, 0.2) is 0 Å². The lowest BCUT2D eigenvalue weighted by atomic mass is 10.1. The van der Waals surface area contributed by atoms with E-state index in [1.165, 1.54) is 12.1 Å². The SMILES string of the molecule is Fc1cc(Cl)c(NCc2ccc3cnccc3c2)c(Br)c1. The molecule has 0 saturated carbocycles. The van der Waals surface area contributed by atoms with Gasteiger partial charge >= 0.3 is 0 Å². The first-order valence-electron chi connectivity index (χ1n) is 6.34. The second-order valence-electron chi connectivity index (χ2n) is 4.66. The van der Waals surface area contributed by atoms with E-state index in [4.69, 9.17) is 11.6 Å². The molecular weight excluding hydrogens is 355 g/mol. The zero-order valence-corrected chi connectivity index (χ0v) is 13.2. The fourth-order valence-corrected chi connectivity index (χ4v) is 3.10. The molecule has 0 fully saturated rings. The molecule has 21 heavy (non-hydrogen) atoms. The largest absolute Gasteiger partial charge is 0.379 e. The summed E-state index contributed by atoms with van der Waals surface area (Å²) in [7, 11) is 0. The number of hydrogen-bond acceptors (Lipinski definition) is 2. The van der Waals surface area contributed by atoms with Crippen molar-refractivity contribution in [2.45, 2.75) is 6.54 Å². The molecule has 0 unspecified atom stereocenters. The minimum atomic E-state index is -0.365. The van der Waals surface area contributed by atoms with Crippen molar-refractivity contribution in [3.05, 3.63) is 69.7 Å². The molecule has 1 aromatic heterocycles. The molecule has 0 bridgehead atoms. The third kappa shape index (κ3) is 3.17. The predicted octanol–water partition coefficient (Wildman–Crippen LogP) is 5.40. The first-order valence-corrected chi connectivity index (χ1v) is 7.51. The number of pyridine rings is 1. The highest BCUT2D eigenvalue weighted by Crippen LogP contribution is 2.32. The summed E-state index contributed by atoms with van der Waals surface area (Å²) < 4.78 is 13.8. The minimum absolute atomic E-state index is 0.354. The van der Waals surface area contributed by atoms with E-state index in [0.29, 0.717) is 21.7 Å². The Morgan fingerprint density at radius 1 is 1.14 bits per heavy atom. The van der Waals surface area contributed by atoms with Crippen LogP contribution in [-0.2, 0) is 6.54 Å². The average Bonchev–Trinajstić information content (AvgIpc) is 2.46. The van der Waals surface area contributed by atoms with Gasteiger partial charge < -0.3 is 5.32 Å². The van der Waals surface area contributed by atoms with E-state index >= 15 is 0 Å². The highest BCUT2D eigenvalue weighted by molar-refractivity contribution is 9.10. The molecule has 0 saturated heterocycles. The Morgan fingerprint density at radius 3 is 2.81 bits per heavy atom. The molecule has 0 aliphatic carbocycles. The molecule has 1 heterocycles. The number of benzene rings is 2. The quantitative estimate of drug-likeness (QED) is 0.672. The zero-order chi connectivity index (χ0) is 14.8. The normalized spacial score (nSPS) is 10.8. The van der Waals surface area contributed by atoms with Crippen LogP contribution in [0.15, 0.2) is 53.3 Å². The lowest BCUT2D eigenvalue weighted by Gasteiger charge is -2.11. The molecule has 1 N–H and O–H groups in total. The van der Waals surface area contributed by atoms with Crippen LogP contribution in [-0.4, -0.2) is 4.98 Å². The van der Waals surface area contributed by atoms with Crippen molar-refractivity contribution in [1.82, 2.24) is 4.98 Å². The van der Waals surface area contributed by atoms with Gasteiger partial charge in [0.05, 0.1) is 10.7 Å². The molecule has 106 valence electrons. The molecule has 5 heteroatoms. The summed E-state index contributed by atoms with van der Waals surface area (Å²) in [4.78, 5) is 4.09. The Balaban J connectivity index is 1.83. The molecule has 2 aromatic carbocycles. The van der Waals surface area contributed by atoms with E-state index in [2.05, 4.69) is 32.3 Å². The topological polar surface area (TPSA) is 24.9 Å². The number of halogens is 3. The number of rotatable bonds is 3. The van der Waals surface area contributed by atoms with Gasteiger partial charge in [0.25, 0.3) is 0 Å². The minimum Gasteiger partial charge on any atom is -0.379 e. The van der Waals surface area contributed by atoms with Crippen molar-refractivity contribution in [1.29, 1.82) is 0 Å². The van der Waals surface area contributed by atoms with Gasteiger partial charge in [-0.25, -0.2) is 4.39 Å². The molecule has 3 aromatic rings. The highest BCUT2D eigenvalue weighted by Gasteiger charge is 2.08. The fraction of sp³-hybridized carbons (Fsp3) is 0.0625. The van der Waals surface area contributed by atoms with Crippen LogP contribution in [0.1, 0.15) is 5.56 Å². The van der Waals surface area contributed by atoms with E-state index in [1.54, 1.807) is 6.20 Å². The van der Waals surface area contributed by atoms with Gasteiger partial charge in [0.2, 0.25) is 0 Å². The van der Waals surface area contributed by atoms with E-state index in [0.717, 1.165) is 16.3 Å². The third-order valence-corrected chi connectivity index (χ3v) is 4.10. The molecule has 0 radical (unpaired) electrons. The Labute approximate surface area is 135 Å². The summed E-state index contributed by atoms with van der Waals surface area (Å²) >= 11 is 9.37. The second-order valence-corrected chi connectivity index (χ2v) is 5.92. The molecule has 0 aliphatic rings. The Bertz CT molecular complexity index is 784. The summed E-state index contributed by atoms with van der Waals surface area (Å²) in [6, 6.07) is 10.8. The van der Waals surface area contributed by atoms with Crippen LogP contribution < -0.4 is 5.32 Å². The molecule has 0 amide bonds. The van der Waals surface area contributed by atoms with Gasteiger partial charge in [-0.1, -0.05) is 23.7 Å². The van der Waals surface area contributed by atoms with Crippen LogP contribution >= 0.6 is 27.5 Å². The van der Waals surface area contributed by atoms with E-state index in [9.17, 15) is 4.39 Å². The van der Waals surface area contributed by atoms with Gasteiger partial charge in [-0.3, -0.25) is 4.98 Å². The first kappa shape index (κ1) is 14.3. The molecule has 3 rings (SSSR count). The molecule has 0 atom stereocenters. The molecule has 2 nitrogen and oxygen atoms in total. The summed E-state index contributed by atoms with van der Waals surface area (Å²) in [6.07, 6.45) is 3.60. The number of fused-ring (bicyclic) bond motifs is 1. The van der Waals surface area contributed by atoms with Crippen LogP contribution in [0, 0.1) is 5.82 Å². The first-order chi connectivity index (χ1) is 10.1. The smallest absolute Gasteiger partial charge is 0.125 e. The van der Waals surface area contributed by atoms with Crippen LogP contribution in [0.3, 0.4) is 0 Å². The molecular formula is C16H11BrClFN2. The molecule has 0 spiro atoms. The lowest BCUT2D eigenvalue weighted by Crippen LogP contribution is -2.01. The van der Waals surface area contributed by atoms with E-state index in [-0.39, 0.29) is 5.82 Å². The summed E-state index contributed by atoms with van der Waals surface area (Å²) in [5.41, 5.74) is 1.80. The number of nitrogens with zero attached hydrogens (tertiary/aromatic N) is 1. The Morgan fingerprint density at radius 2 is 2.00 bits per heavy atom. The van der Waals surface area contributed by atoms with Crippen molar-refractivity contribution in [3.63, 3.8) is 0 Å². The molecule has 0 aliphatic heterocycles. The number of aromatic nitrogens is 1. The second kappa shape index (κ2) is 6.00. The van der Waals surface area contributed by atoms with Crippen molar-refractivity contribution >= 4 is 44.0 Å². The lowest BCUT2D eigenvalue weighted by molar-refractivity contribution is 0.627. The maximum Gasteiger partial charge on any atom is 0.125 e. The fourth-order valence-electron chi connectivity index (χ4n) is 2.14. The van der Waals surface area contributed by atoms with Crippen LogP contribution in [0.25, 0.3) is 10.8 Å². The maximum atomic E-state index is 13.2. The van der Waals surface area contributed by atoms with Crippen molar-refractivity contribution in [3.8, 4) is 0 Å². The van der Waals surface area contributed by atoms with Crippen molar-refractivity contribution in [2.24, 2.45) is 0 Å². The highest BCUT2D eigenvalue weighted by atomic mass is 79.9. The summed E-state index contributed by atoms with van der Waals surface area (Å²) in [5.74, 6) is -0.365. The van der Waals surface area contributed by atoms with Gasteiger partial charge in [-0.15, -0.1) is 0 Å². The van der Waals surface area contributed by atoms with Crippen LogP contribution in [0.5, 0.6) is 0 Å². The Kier molecular flexibility index (Phi) is 4.08. The monoisotopic (exact) mass is 364 g/mol. The van der Waals surface area contributed by atoms with E-state index < -0.39 is 0 Å². The van der Waals surface area contributed by atoms with Gasteiger partial charge in [-0.2, -0.15) is 0 Å². The van der Waals surface area contributed by atoms with Gasteiger partial charge in [-0.05, 0) is 51.1 Å². The number of nitrogens with one attached hydrogen (secondary N) is 1. The summed E-state index contributed by atoms with van der Waals surface area (Å²) in [5, 5.41) is 5.81. The maximum absolute atomic E-state index is 13.2. The number of hydrogen-bond donors (Lipinski definition) is 1. The average molecular weight is 366 g/mol. The summed E-state index contributed by atoms with van der Waals surface area (Å²) in [6.45, 7) is 0.599. The van der Waals surface area contributed by atoms with Crippen LogP contribution in [0.4, 0.5) is 10.1 Å². The zero-order valence-electron chi connectivity index (χ0n) is 10.9. The third-order valence-electron chi connectivity index (χ3n) is 3.18. The van der Waals surface area contributed by atoms with E-state index in [1.807, 2.05) is 24.4 Å².